The first-order valence-electron chi connectivity index (χ1n) is 6.94. The van der Waals surface area contributed by atoms with Crippen molar-refractivity contribution in [2.45, 2.75) is 52.5 Å². The Labute approximate surface area is 102 Å². The molecule has 0 aliphatic rings. The van der Waals surface area contributed by atoms with Crippen LogP contribution in [0.3, 0.4) is 0 Å². The van der Waals surface area contributed by atoms with E-state index in [9.17, 15) is 0 Å². The van der Waals surface area contributed by atoms with Gasteiger partial charge >= 0.3 is 0 Å². The molecule has 0 fully saturated rings. The van der Waals surface area contributed by atoms with Gasteiger partial charge in [-0.3, -0.25) is 4.90 Å². The molecule has 0 aromatic heterocycles. The zero-order valence-corrected chi connectivity index (χ0v) is 11.5. The van der Waals surface area contributed by atoms with Gasteiger partial charge in [0.1, 0.15) is 0 Å². The predicted octanol–water partition coefficient (Wildman–Crippen LogP) is 1.83. The highest BCUT2D eigenvalue weighted by Crippen LogP contribution is 2.08. The second kappa shape index (κ2) is 11.4. The van der Waals surface area contributed by atoms with Crippen molar-refractivity contribution in [3.63, 3.8) is 0 Å². The molecule has 0 heterocycles. The van der Waals surface area contributed by atoms with Crippen LogP contribution in [0.25, 0.3) is 0 Å². The van der Waals surface area contributed by atoms with Gasteiger partial charge in [-0.05, 0) is 32.4 Å². The van der Waals surface area contributed by atoms with E-state index in [-0.39, 0.29) is 0 Å². The van der Waals surface area contributed by atoms with Gasteiger partial charge in [-0.25, -0.2) is 0 Å². The number of nitrogens with zero attached hydrogens (tertiary/aromatic N) is 1. The summed E-state index contributed by atoms with van der Waals surface area (Å²) in [6, 6.07) is 0.691. The molecule has 0 rings (SSSR count). The molecule has 0 amide bonds. The molecule has 0 saturated carbocycles. The van der Waals surface area contributed by atoms with E-state index in [1.54, 1.807) is 0 Å². The van der Waals surface area contributed by atoms with Crippen LogP contribution in [0, 0.1) is 0 Å². The molecule has 0 bridgehead atoms. The zero-order chi connectivity index (χ0) is 12.2. The van der Waals surface area contributed by atoms with Gasteiger partial charge in [-0.15, -0.1) is 0 Å². The van der Waals surface area contributed by atoms with Crippen molar-refractivity contribution in [1.29, 1.82) is 0 Å². The van der Waals surface area contributed by atoms with Crippen LogP contribution in [-0.4, -0.2) is 43.7 Å². The molecule has 0 aromatic rings. The summed E-state index contributed by atoms with van der Waals surface area (Å²) in [4.78, 5) is 2.63. The first kappa shape index (κ1) is 15.9. The molecule has 98 valence electrons. The number of nitrogens with two attached hydrogens (primary N) is 1. The van der Waals surface area contributed by atoms with Gasteiger partial charge in [0.15, 0.2) is 0 Å². The highest BCUT2D eigenvalue weighted by atomic mass is 15.2. The Morgan fingerprint density at radius 2 is 1.69 bits per heavy atom. The second-order valence-electron chi connectivity index (χ2n) is 4.47. The molecule has 1 atom stereocenters. The quantitative estimate of drug-likeness (QED) is 0.531. The summed E-state index contributed by atoms with van der Waals surface area (Å²) in [6.45, 7) is 12.0. The lowest BCUT2D eigenvalue weighted by Crippen LogP contribution is -2.44. The normalized spacial score (nSPS) is 13.3. The Balaban J connectivity index is 4.08. The minimum atomic E-state index is 0.691. The molecule has 3 N–H and O–H groups in total. The molecule has 3 nitrogen and oxygen atoms in total. The maximum atomic E-state index is 5.51. The van der Waals surface area contributed by atoms with E-state index in [0.29, 0.717) is 6.04 Å². The third-order valence-electron chi connectivity index (χ3n) is 2.86. The first-order valence-corrected chi connectivity index (χ1v) is 6.94. The van der Waals surface area contributed by atoms with E-state index in [1.807, 2.05) is 0 Å². The third-order valence-corrected chi connectivity index (χ3v) is 2.86. The van der Waals surface area contributed by atoms with Gasteiger partial charge in [0, 0.05) is 25.7 Å². The summed E-state index contributed by atoms with van der Waals surface area (Å²) < 4.78 is 0. The maximum absolute atomic E-state index is 5.51. The van der Waals surface area contributed by atoms with E-state index in [2.05, 4.69) is 31.0 Å². The minimum absolute atomic E-state index is 0.691. The smallest absolute Gasteiger partial charge is 0.0220 e. The Hall–Kier alpha value is -0.120. The van der Waals surface area contributed by atoms with Gasteiger partial charge in [0.2, 0.25) is 0 Å². The Bertz CT molecular complexity index is 133. The van der Waals surface area contributed by atoms with E-state index >= 15 is 0 Å². The Morgan fingerprint density at radius 1 is 1.06 bits per heavy atom. The van der Waals surface area contributed by atoms with Crippen LogP contribution in [0.2, 0.25) is 0 Å². The van der Waals surface area contributed by atoms with Crippen molar-refractivity contribution in [3.05, 3.63) is 0 Å². The van der Waals surface area contributed by atoms with E-state index < -0.39 is 0 Å². The summed E-state index contributed by atoms with van der Waals surface area (Å²) in [5, 5.41) is 3.45. The van der Waals surface area contributed by atoms with Crippen molar-refractivity contribution in [1.82, 2.24) is 10.2 Å². The van der Waals surface area contributed by atoms with Gasteiger partial charge in [-0.2, -0.15) is 0 Å². The fraction of sp³-hybridized carbons (Fsp3) is 1.00. The standard InChI is InChI=1S/C13H31N3/c1-4-7-13(12-15-9-8-14)16(10-5-2)11-6-3/h13,15H,4-12,14H2,1-3H3. The van der Waals surface area contributed by atoms with Crippen molar-refractivity contribution < 1.29 is 0 Å². The molecule has 0 aliphatic carbocycles. The van der Waals surface area contributed by atoms with Crippen LogP contribution in [0.1, 0.15) is 46.5 Å². The van der Waals surface area contributed by atoms with Crippen LogP contribution in [0.15, 0.2) is 0 Å². The fourth-order valence-electron chi connectivity index (χ4n) is 2.17. The Morgan fingerprint density at radius 3 is 2.12 bits per heavy atom. The molecule has 0 spiro atoms. The van der Waals surface area contributed by atoms with Gasteiger partial charge < -0.3 is 11.1 Å². The molecule has 1 unspecified atom stereocenters. The summed E-state index contributed by atoms with van der Waals surface area (Å²) in [6.07, 6.45) is 5.05. The average molecular weight is 229 g/mol. The fourth-order valence-corrected chi connectivity index (χ4v) is 2.17. The lowest BCUT2D eigenvalue weighted by atomic mass is 10.1. The molecule has 16 heavy (non-hydrogen) atoms. The number of hydrogen-bond donors (Lipinski definition) is 2. The highest BCUT2D eigenvalue weighted by molar-refractivity contribution is 4.73. The summed E-state index contributed by atoms with van der Waals surface area (Å²) in [5.74, 6) is 0. The summed E-state index contributed by atoms with van der Waals surface area (Å²) in [5.41, 5.74) is 5.51. The Kier molecular flexibility index (Phi) is 11.3. The van der Waals surface area contributed by atoms with Crippen molar-refractivity contribution in [3.8, 4) is 0 Å². The van der Waals surface area contributed by atoms with E-state index in [4.69, 9.17) is 5.73 Å². The van der Waals surface area contributed by atoms with Crippen molar-refractivity contribution >= 4 is 0 Å². The van der Waals surface area contributed by atoms with Crippen LogP contribution >= 0.6 is 0 Å². The molecular weight excluding hydrogens is 198 g/mol. The van der Waals surface area contributed by atoms with Gasteiger partial charge in [0.05, 0.1) is 0 Å². The largest absolute Gasteiger partial charge is 0.329 e. The van der Waals surface area contributed by atoms with Crippen molar-refractivity contribution in [2.75, 3.05) is 32.7 Å². The highest BCUT2D eigenvalue weighted by Gasteiger charge is 2.15. The number of rotatable bonds is 11. The van der Waals surface area contributed by atoms with E-state index in [0.717, 1.165) is 19.6 Å². The zero-order valence-electron chi connectivity index (χ0n) is 11.5. The molecule has 0 aromatic carbocycles. The predicted molar refractivity (Wildman–Crippen MR) is 72.8 cm³/mol. The van der Waals surface area contributed by atoms with Gasteiger partial charge in [-0.1, -0.05) is 27.2 Å². The van der Waals surface area contributed by atoms with Crippen LogP contribution in [-0.2, 0) is 0 Å². The number of nitrogens with one attached hydrogen (secondary N) is 1. The molecular formula is C13H31N3. The van der Waals surface area contributed by atoms with Gasteiger partial charge in [0.25, 0.3) is 0 Å². The molecule has 0 saturated heterocycles. The first-order chi connectivity index (χ1) is 7.79. The molecule has 0 radical (unpaired) electrons. The second-order valence-corrected chi connectivity index (χ2v) is 4.47. The number of hydrogen-bond acceptors (Lipinski definition) is 3. The molecule has 0 aliphatic heterocycles. The SMILES string of the molecule is CCCC(CNCCN)N(CCC)CCC. The van der Waals surface area contributed by atoms with Crippen LogP contribution in [0.5, 0.6) is 0 Å². The van der Waals surface area contributed by atoms with Crippen LogP contribution < -0.4 is 11.1 Å². The monoisotopic (exact) mass is 229 g/mol. The van der Waals surface area contributed by atoms with E-state index in [1.165, 1.54) is 38.8 Å². The summed E-state index contributed by atoms with van der Waals surface area (Å²) >= 11 is 0. The molecule has 3 heteroatoms. The summed E-state index contributed by atoms with van der Waals surface area (Å²) in [7, 11) is 0. The third kappa shape index (κ3) is 7.20. The average Bonchev–Trinajstić information content (AvgIpc) is 2.28. The maximum Gasteiger partial charge on any atom is 0.0220 e. The lowest BCUT2D eigenvalue weighted by Gasteiger charge is -2.31. The van der Waals surface area contributed by atoms with Crippen molar-refractivity contribution in [2.24, 2.45) is 5.73 Å². The lowest BCUT2D eigenvalue weighted by molar-refractivity contribution is 0.182. The minimum Gasteiger partial charge on any atom is -0.329 e. The topological polar surface area (TPSA) is 41.3 Å². The van der Waals surface area contributed by atoms with Crippen LogP contribution in [0.4, 0.5) is 0 Å².